The molecule has 1 spiro atoms. The van der Waals surface area contributed by atoms with Crippen molar-refractivity contribution in [1.29, 1.82) is 0 Å². The second-order valence-electron chi connectivity index (χ2n) is 8.32. The summed E-state index contributed by atoms with van der Waals surface area (Å²) in [4.78, 5) is 20.6. The van der Waals surface area contributed by atoms with Crippen molar-refractivity contribution in [2.45, 2.75) is 44.2 Å². The lowest BCUT2D eigenvalue weighted by molar-refractivity contribution is 0.0606. The van der Waals surface area contributed by atoms with Gasteiger partial charge in [0.05, 0.1) is 11.7 Å². The average molecular weight is 389 g/mol. The molecule has 2 aliphatic heterocycles. The number of likely N-dealkylation sites (tertiary alicyclic amines) is 1. The Balaban J connectivity index is 1.66. The third-order valence-electron chi connectivity index (χ3n) is 5.94. The second kappa shape index (κ2) is 6.50. The number of carbonyl (C=O) groups excluding carboxylic acids is 1. The molecular weight excluding hydrogens is 367 g/mol. The molecule has 4 rings (SSSR count). The molecule has 7 heteroatoms. The van der Waals surface area contributed by atoms with E-state index in [1.165, 1.54) is 12.1 Å². The van der Waals surface area contributed by atoms with Crippen LogP contribution in [0.15, 0.2) is 36.5 Å². The van der Waals surface area contributed by atoms with Gasteiger partial charge in [-0.05, 0) is 57.4 Å². The Bertz CT molecular complexity index is 916. The molecule has 0 saturated carbocycles. The van der Waals surface area contributed by atoms with E-state index in [2.05, 4.69) is 23.7 Å². The van der Waals surface area contributed by atoms with Crippen molar-refractivity contribution in [2.75, 3.05) is 18.0 Å². The molecule has 0 aliphatic carbocycles. The summed E-state index contributed by atoms with van der Waals surface area (Å²) in [5.41, 5.74) is -0.193. The predicted molar refractivity (Wildman–Crippen MR) is 99.6 cm³/mol. The number of aromatic nitrogens is 1. The molecular formula is C21H22F3N3O. The first-order chi connectivity index (χ1) is 13.2. The SMILES string of the molecule is CC1(C)CC2(CCCN2C(=O)c2ncc(F)cc2F)CN1c1ccc(F)cc1. The Hall–Kier alpha value is -2.57. The quantitative estimate of drug-likeness (QED) is 0.774. The lowest BCUT2D eigenvalue weighted by Crippen LogP contribution is -2.49. The van der Waals surface area contributed by atoms with Gasteiger partial charge in [-0.2, -0.15) is 0 Å². The van der Waals surface area contributed by atoms with Crippen LogP contribution in [0, 0.1) is 17.5 Å². The minimum Gasteiger partial charge on any atom is -0.364 e. The predicted octanol–water partition coefficient (Wildman–Crippen LogP) is 4.16. The molecule has 0 radical (unpaired) electrons. The zero-order valence-electron chi connectivity index (χ0n) is 15.9. The van der Waals surface area contributed by atoms with Crippen LogP contribution in [0.1, 0.15) is 43.6 Å². The maximum atomic E-state index is 14.2. The summed E-state index contributed by atoms with van der Waals surface area (Å²) in [7, 11) is 0. The number of rotatable bonds is 2. The fraction of sp³-hybridized carbons (Fsp3) is 0.429. The molecule has 2 saturated heterocycles. The van der Waals surface area contributed by atoms with Gasteiger partial charge in [0.25, 0.3) is 5.91 Å². The molecule has 1 unspecified atom stereocenters. The number of halogens is 3. The summed E-state index contributed by atoms with van der Waals surface area (Å²) in [6.07, 6.45) is 3.17. The zero-order chi connectivity index (χ0) is 20.1. The molecule has 4 nitrogen and oxygen atoms in total. The van der Waals surface area contributed by atoms with Crippen molar-refractivity contribution >= 4 is 11.6 Å². The highest BCUT2D eigenvalue weighted by Crippen LogP contribution is 2.47. The van der Waals surface area contributed by atoms with Gasteiger partial charge in [0.2, 0.25) is 0 Å². The lowest BCUT2D eigenvalue weighted by atomic mass is 9.87. The number of nitrogens with zero attached hydrogens (tertiary/aromatic N) is 3. The van der Waals surface area contributed by atoms with E-state index in [9.17, 15) is 18.0 Å². The minimum absolute atomic E-state index is 0.268. The van der Waals surface area contributed by atoms with Gasteiger partial charge in [-0.3, -0.25) is 4.79 Å². The molecule has 1 atom stereocenters. The van der Waals surface area contributed by atoms with Crippen LogP contribution in [0.4, 0.5) is 18.9 Å². The molecule has 0 N–H and O–H groups in total. The van der Waals surface area contributed by atoms with Gasteiger partial charge in [0, 0.05) is 30.4 Å². The first-order valence-corrected chi connectivity index (χ1v) is 9.38. The largest absolute Gasteiger partial charge is 0.364 e. The summed E-state index contributed by atoms with van der Waals surface area (Å²) in [5.74, 6) is -2.56. The standard InChI is InChI=1S/C21H22F3N3O/c1-20(2)12-21(13-27(20)16-6-4-14(22)5-7-16)8-3-9-26(21)19(28)18-17(24)10-15(23)11-25-18/h4-7,10-11H,3,8-9,12-13H2,1-2H3. The van der Waals surface area contributed by atoms with E-state index in [4.69, 9.17) is 0 Å². The normalized spacial score (nSPS) is 23.6. The van der Waals surface area contributed by atoms with Gasteiger partial charge in [-0.15, -0.1) is 0 Å². The summed E-state index contributed by atoms with van der Waals surface area (Å²) in [5, 5.41) is 0. The second-order valence-corrected chi connectivity index (χ2v) is 8.32. The number of hydrogen-bond acceptors (Lipinski definition) is 3. The van der Waals surface area contributed by atoms with E-state index >= 15 is 0 Å². The Kier molecular flexibility index (Phi) is 4.36. The Labute approximate surface area is 162 Å². The van der Waals surface area contributed by atoms with E-state index in [1.807, 2.05) is 0 Å². The Morgan fingerprint density at radius 3 is 2.50 bits per heavy atom. The van der Waals surface area contributed by atoms with Gasteiger partial charge in [-0.25, -0.2) is 18.2 Å². The molecule has 2 fully saturated rings. The van der Waals surface area contributed by atoms with Crippen molar-refractivity contribution in [3.63, 3.8) is 0 Å². The van der Waals surface area contributed by atoms with Crippen LogP contribution >= 0.6 is 0 Å². The van der Waals surface area contributed by atoms with Crippen LogP contribution in [0.5, 0.6) is 0 Å². The third kappa shape index (κ3) is 3.02. The van der Waals surface area contributed by atoms with E-state index in [0.717, 1.165) is 24.7 Å². The Morgan fingerprint density at radius 1 is 1.11 bits per heavy atom. The number of benzene rings is 1. The van der Waals surface area contributed by atoms with E-state index in [1.54, 1.807) is 17.0 Å². The monoisotopic (exact) mass is 389 g/mol. The van der Waals surface area contributed by atoms with Crippen molar-refractivity contribution in [2.24, 2.45) is 0 Å². The first kappa shape index (κ1) is 18.8. The lowest BCUT2D eigenvalue weighted by Gasteiger charge is -2.35. The van der Waals surface area contributed by atoms with Crippen LogP contribution in [0.25, 0.3) is 0 Å². The first-order valence-electron chi connectivity index (χ1n) is 9.38. The van der Waals surface area contributed by atoms with Gasteiger partial charge < -0.3 is 9.80 Å². The molecule has 0 bridgehead atoms. The number of amides is 1. The van der Waals surface area contributed by atoms with Gasteiger partial charge in [0.1, 0.15) is 11.6 Å². The average Bonchev–Trinajstić information content (AvgIpc) is 3.15. The number of anilines is 1. The van der Waals surface area contributed by atoms with Crippen LogP contribution < -0.4 is 4.90 Å². The molecule has 1 aromatic carbocycles. The van der Waals surface area contributed by atoms with Crippen molar-refractivity contribution in [1.82, 2.24) is 9.88 Å². The summed E-state index contributed by atoms with van der Waals surface area (Å²) in [6.45, 7) is 5.25. The third-order valence-corrected chi connectivity index (χ3v) is 5.94. The van der Waals surface area contributed by atoms with E-state index in [-0.39, 0.29) is 17.1 Å². The molecule has 2 aromatic rings. The highest BCUT2D eigenvalue weighted by Gasteiger charge is 2.55. The summed E-state index contributed by atoms with van der Waals surface area (Å²) >= 11 is 0. The zero-order valence-corrected chi connectivity index (χ0v) is 15.9. The minimum atomic E-state index is -0.945. The summed E-state index contributed by atoms with van der Waals surface area (Å²) < 4.78 is 40.7. The highest BCUT2D eigenvalue weighted by atomic mass is 19.1. The topological polar surface area (TPSA) is 36.4 Å². The molecule has 2 aliphatic rings. The van der Waals surface area contributed by atoms with Crippen LogP contribution in [0.3, 0.4) is 0 Å². The fourth-order valence-electron chi connectivity index (χ4n) is 4.83. The van der Waals surface area contributed by atoms with Crippen molar-refractivity contribution < 1.29 is 18.0 Å². The maximum Gasteiger partial charge on any atom is 0.276 e. The molecule has 3 heterocycles. The van der Waals surface area contributed by atoms with Crippen LogP contribution in [-0.2, 0) is 0 Å². The van der Waals surface area contributed by atoms with E-state index < -0.39 is 23.1 Å². The Morgan fingerprint density at radius 2 is 1.82 bits per heavy atom. The smallest absolute Gasteiger partial charge is 0.276 e. The fourth-order valence-corrected chi connectivity index (χ4v) is 4.83. The molecule has 28 heavy (non-hydrogen) atoms. The molecule has 1 aromatic heterocycles. The molecule has 1 amide bonds. The van der Waals surface area contributed by atoms with E-state index in [0.29, 0.717) is 25.6 Å². The van der Waals surface area contributed by atoms with Gasteiger partial charge >= 0.3 is 0 Å². The number of pyridine rings is 1. The maximum absolute atomic E-state index is 14.2. The number of hydrogen-bond donors (Lipinski definition) is 0. The summed E-state index contributed by atoms with van der Waals surface area (Å²) in [6, 6.07) is 7.00. The van der Waals surface area contributed by atoms with Crippen molar-refractivity contribution in [3.8, 4) is 0 Å². The van der Waals surface area contributed by atoms with Crippen LogP contribution in [0.2, 0.25) is 0 Å². The number of carbonyl (C=O) groups is 1. The van der Waals surface area contributed by atoms with Crippen LogP contribution in [-0.4, -0.2) is 40.0 Å². The van der Waals surface area contributed by atoms with Gasteiger partial charge in [0.15, 0.2) is 11.5 Å². The highest BCUT2D eigenvalue weighted by molar-refractivity contribution is 5.93. The van der Waals surface area contributed by atoms with Gasteiger partial charge in [-0.1, -0.05) is 0 Å². The molecule has 148 valence electrons. The van der Waals surface area contributed by atoms with Crippen molar-refractivity contribution in [3.05, 3.63) is 59.7 Å².